The summed E-state index contributed by atoms with van der Waals surface area (Å²) in [4.78, 5) is 11.7. The monoisotopic (exact) mass is 291 g/mol. The van der Waals surface area contributed by atoms with Crippen LogP contribution in [0.5, 0.6) is 0 Å². The van der Waals surface area contributed by atoms with E-state index in [-0.39, 0.29) is 24.6 Å². The smallest absolute Gasteiger partial charge is 0.376 e. The van der Waals surface area contributed by atoms with E-state index in [1.165, 1.54) is 0 Å². The maximum absolute atomic E-state index is 12.4. The van der Waals surface area contributed by atoms with Gasteiger partial charge in [-0.05, 0) is 25.8 Å². The standard InChI is InChI=1S/C12H16F3N3O2/c1-8(9-3-2-6-20-9)16-11(19)7-18-5-4-10(17-18)12(13,14)15/h4-5,8-9H,2-3,6-7H2,1H3,(H,16,19). The van der Waals surface area contributed by atoms with Crippen LogP contribution in [0.2, 0.25) is 0 Å². The average Bonchev–Trinajstić information content (AvgIpc) is 2.97. The molecule has 112 valence electrons. The Hall–Kier alpha value is -1.57. The Morgan fingerprint density at radius 3 is 2.95 bits per heavy atom. The van der Waals surface area contributed by atoms with Crippen LogP contribution in [0.3, 0.4) is 0 Å². The molecule has 2 atom stereocenters. The predicted molar refractivity (Wildman–Crippen MR) is 63.8 cm³/mol. The van der Waals surface area contributed by atoms with Crippen molar-refractivity contribution < 1.29 is 22.7 Å². The van der Waals surface area contributed by atoms with Crippen molar-refractivity contribution in [3.8, 4) is 0 Å². The number of ether oxygens (including phenoxy) is 1. The van der Waals surface area contributed by atoms with Crippen molar-refractivity contribution in [2.24, 2.45) is 0 Å². The normalized spacial score (nSPS) is 20.9. The third-order valence-electron chi connectivity index (χ3n) is 3.15. The summed E-state index contributed by atoms with van der Waals surface area (Å²) < 4.78 is 43.5. The van der Waals surface area contributed by atoms with Crippen LogP contribution in [-0.4, -0.2) is 34.4 Å². The fraction of sp³-hybridized carbons (Fsp3) is 0.667. The molecule has 0 saturated carbocycles. The number of nitrogens with one attached hydrogen (secondary N) is 1. The minimum Gasteiger partial charge on any atom is -0.376 e. The minimum atomic E-state index is -4.49. The number of rotatable bonds is 4. The first-order chi connectivity index (χ1) is 9.36. The summed E-state index contributed by atoms with van der Waals surface area (Å²) in [6, 6.07) is 0.680. The van der Waals surface area contributed by atoms with Gasteiger partial charge in [0.05, 0.1) is 12.1 Å². The second-order valence-electron chi connectivity index (χ2n) is 4.80. The van der Waals surface area contributed by atoms with E-state index in [9.17, 15) is 18.0 Å². The third-order valence-corrected chi connectivity index (χ3v) is 3.15. The minimum absolute atomic E-state index is 0.0256. The highest BCUT2D eigenvalue weighted by molar-refractivity contribution is 5.75. The maximum Gasteiger partial charge on any atom is 0.435 e. The van der Waals surface area contributed by atoms with Gasteiger partial charge in [-0.1, -0.05) is 0 Å². The van der Waals surface area contributed by atoms with Crippen LogP contribution in [0.1, 0.15) is 25.5 Å². The molecule has 0 spiro atoms. The van der Waals surface area contributed by atoms with Crippen molar-refractivity contribution in [3.63, 3.8) is 0 Å². The number of aromatic nitrogens is 2. The van der Waals surface area contributed by atoms with Crippen molar-refractivity contribution in [2.45, 2.75) is 44.6 Å². The van der Waals surface area contributed by atoms with Gasteiger partial charge in [0.15, 0.2) is 5.69 Å². The first-order valence-electron chi connectivity index (χ1n) is 6.38. The average molecular weight is 291 g/mol. The van der Waals surface area contributed by atoms with Crippen LogP contribution in [0.15, 0.2) is 12.3 Å². The van der Waals surface area contributed by atoms with Gasteiger partial charge in [-0.3, -0.25) is 9.48 Å². The van der Waals surface area contributed by atoms with Gasteiger partial charge in [0.1, 0.15) is 6.54 Å². The molecule has 0 radical (unpaired) electrons. The number of amides is 1. The Morgan fingerprint density at radius 2 is 2.40 bits per heavy atom. The van der Waals surface area contributed by atoms with Crippen molar-refractivity contribution in [1.29, 1.82) is 0 Å². The largest absolute Gasteiger partial charge is 0.435 e. The fourth-order valence-electron chi connectivity index (χ4n) is 2.14. The number of carbonyl (C=O) groups excluding carboxylic acids is 1. The van der Waals surface area contributed by atoms with Gasteiger partial charge in [-0.2, -0.15) is 18.3 Å². The zero-order valence-corrected chi connectivity index (χ0v) is 11.0. The molecular formula is C12H16F3N3O2. The van der Waals surface area contributed by atoms with Crippen molar-refractivity contribution in [3.05, 3.63) is 18.0 Å². The van der Waals surface area contributed by atoms with Crippen LogP contribution in [0.4, 0.5) is 13.2 Å². The molecule has 2 rings (SSSR count). The van der Waals surface area contributed by atoms with Crippen molar-refractivity contribution in [1.82, 2.24) is 15.1 Å². The van der Waals surface area contributed by atoms with Crippen LogP contribution in [0, 0.1) is 0 Å². The summed E-state index contributed by atoms with van der Waals surface area (Å²) in [5, 5.41) is 6.04. The van der Waals surface area contributed by atoms with Gasteiger partial charge < -0.3 is 10.1 Å². The molecule has 5 nitrogen and oxygen atoms in total. The number of hydrogen-bond acceptors (Lipinski definition) is 3. The molecule has 1 fully saturated rings. The van der Waals surface area contributed by atoms with Crippen LogP contribution in [-0.2, 0) is 22.3 Å². The molecule has 1 N–H and O–H groups in total. The highest BCUT2D eigenvalue weighted by Crippen LogP contribution is 2.27. The summed E-state index contributed by atoms with van der Waals surface area (Å²) in [6.07, 6.45) is -1.55. The molecule has 1 saturated heterocycles. The third kappa shape index (κ3) is 3.72. The van der Waals surface area contributed by atoms with Gasteiger partial charge in [0.25, 0.3) is 0 Å². The molecule has 1 aromatic heterocycles. The van der Waals surface area contributed by atoms with Gasteiger partial charge in [-0.15, -0.1) is 0 Å². The van der Waals surface area contributed by atoms with Crippen molar-refractivity contribution >= 4 is 5.91 Å². The topological polar surface area (TPSA) is 56.2 Å². The van der Waals surface area contributed by atoms with E-state index < -0.39 is 11.9 Å². The number of hydrogen-bond donors (Lipinski definition) is 1. The molecule has 1 amide bonds. The predicted octanol–water partition coefficient (Wildman–Crippen LogP) is 1.59. The summed E-state index contributed by atoms with van der Waals surface area (Å²) in [6.45, 7) is 2.25. The summed E-state index contributed by atoms with van der Waals surface area (Å²) in [5.41, 5.74) is -1.00. The maximum atomic E-state index is 12.4. The summed E-state index contributed by atoms with van der Waals surface area (Å²) in [5.74, 6) is -0.384. The Morgan fingerprint density at radius 1 is 1.65 bits per heavy atom. The number of nitrogens with zero attached hydrogens (tertiary/aromatic N) is 2. The van der Waals surface area contributed by atoms with Gasteiger partial charge >= 0.3 is 6.18 Å². The molecule has 2 heterocycles. The lowest BCUT2D eigenvalue weighted by Gasteiger charge is -2.19. The van der Waals surface area contributed by atoms with Gasteiger partial charge in [0.2, 0.25) is 5.91 Å². The lowest BCUT2D eigenvalue weighted by molar-refractivity contribution is -0.141. The number of halogens is 3. The molecular weight excluding hydrogens is 275 g/mol. The summed E-state index contributed by atoms with van der Waals surface area (Å²) >= 11 is 0. The lowest BCUT2D eigenvalue weighted by atomic mass is 10.1. The quantitative estimate of drug-likeness (QED) is 0.916. The number of alkyl halides is 3. The number of carbonyl (C=O) groups is 1. The van der Waals surface area contributed by atoms with E-state index >= 15 is 0 Å². The van der Waals surface area contributed by atoms with Crippen LogP contribution in [0.25, 0.3) is 0 Å². The Labute approximate surface area is 114 Å². The molecule has 1 aliphatic rings. The molecule has 20 heavy (non-hydrogen) atoms. The van der Waals surface area contributed by atoms with Crippen LogP contribution < -0.4 is 5.32 Å². The molecule has 0 aromatic carbocycles. The lowest BCUT2D eigenvalue weighted by Crippen LogP contribution is -2.42. The first-order valence-corrected chi connectivity index (χ1v) is 6.38. The fourth-order valence-corrected chi connectivity index (χ4v) is 2.14. The van der Waals surface area contributed by atoms with E-state index in [0.29, 0.717) is 6.61 Å². The SMILES string of the molecule is CC(NC(=O)Cn1ccc(C(F)(F)F)n1)C1CCCO1. The molecule has 1 aliphatic heterocycles. The Kier molecular flexibility index (Phi) is 4.32. The van der Waals surface area contributed by atoms with E-state index in [1.54, 1.807) is 0 Å². The van der Waals surface area contributed by atoms with Gasteiger partial charge in [-0.25, -0.2) is 0 Å². The Bertz CT molecular complexity index is 467. The second-order valence-corrected chi connectivity index (χ2v) is 4.80. The summed E-state index contributed by atoms with van der Waals surface area (Å²) in [7, 11) is 0. The molecule has 1 aromatic rings. The zero-order chi connectivity index (χ0) is 14.8. The van der Waals surface area contributed by atoms with E-state index in [0.717, 1.165) is 29.8 Å². The molecule has 0 bridgehead atoms. The van der Waals surface area contributed by atoms with Crippen molar-refractivity contribution in [2.75, 3.05) is 6.61 Å². The van der Waals surface area contributed by atoms with E-state index in [1.807, 2.05) is 6.92 Å². The van der Waals surface area contributed by atoms with E-state index in [4.69, 9.17) is 4.74 Å². The van der Waals surface area contributed by atoms with E-state index in [2.05, 4.69) is 10.4 Å². The first kappa shape index (κ1) is 14.8. The molecule has 8 heteroatoms. The molecule has 2 unspecified atom stereocenters. The highest BCUT2D eigenvalue weighted by atomic mass is 19.4. The van der Waals surface area contributed by atoms with Crippen LogP contribution >= 0.6 is 0 Å². The highest BCUT2D eigenvalue weighted by Gasteiger charge is 2.33. The second kappa shape index (κ2) is 5.82. The zero-order valence-electron chi connectivity index (χ0n) is 11.0. The molecule has 0 aliphatic carbocycles. The Balaban J connectivity index is 1.86. The van der Waals surface area contributed by atoms with Gasteiger partial charge in [0, 0.05) is 12.8 Å².